The van der Waals surface area contributed by atoms with E-state index in [1.165, 1.54) is 38.5 Å². The van der Waals surface area contributed by atoms with E-state index in [2.05, 4.69) is 10.6 Å². The van der Waals surface area contributed by atoms with Crippen LogP contribution in [0.5, 0.6) is 0 Å². The highest BCUT2D eigenvalue weighted by Gasteiger charge is 2.51. The van der Waals surface area contributed by atoms with E-state index in [0.29, 0.717) is 18.5 Å². The molecule has 0 radical (unpaired) electrons. The van der Waals surface area contributed by atoms with Gasteiger partial charge in [-0.25, -0.2) is 0 Å². The van der Waals surface area contributed by atoms with Gasteiger partial charge in [0, 0.05) is 32.0 Å². The van der Waals surface area contributed by atoms with Crippen molar-refractivity contribution in [1.29, 1.82) is 0 Å². The first-order chi connectivity index (χ1) is 10.1. The molecule has 2 atom stereocenters. The van der Waals surface area contributed by atoms with E-state index in [1.807, 2.05) is 0 Å². The summed E-state index contributed by atoms with van der Waals surface area (Å²) in [6, 6.07) is 0. The molecular formula is C17H28N2O2. The Morgan fingerprint density at radius 2 is 1.71 bits per heavy atom. The third kappa shape index (κ3) is 2.72. The molecule has 0 spiro atoms. The number of aliphatic hydroxyl groups excluding tert-OH is 1. The highest BCUT2D eigenvalue weighted by Crippen LogP contribution is 2.61. The molecule has 1 saturated heterocycles. The van der Waals surface area contributed by atoms with E-state index < -0.39 is 0 Å². The Morgan fingerprint density at radius 3 is 2.24 bits per heavy atom. The lowest BCUT2D eigenvalue weighted by Gasteiger charge is -2.56. The number of amides is 1. The first-order valence-electron chi connectivity index (χ1n) is 8.77. The lowest BCUT2D eigenvalue weighted by molar-refractivity contribution is -0.129. The van der Waals surface area contributed by atoms with Gasteiger partial charge in [-0.15, -0.1) is 0 Å². The van der Waals surface area contributed by atoms with Gasteiger partial charge in [0.1, 0.15) is 0 Å². The summed E-state index contributed by atoms with van der Waals surface area (Å²) in [6.07, 6.45) is 8.60. The van der Waals surface area contributed by atoms with Crippen LogP contribution in [0.4, 0.5) is 0 Å². The molecule has 21 heavy (non-hydrogen) atoms. The van der Waals surface area contributed by atoms with Crippen LogP contribution in [0, 0.1) is 29.1 Å². The molecule has 1 aliphatic heterocycles. The summed E-state index contributed by atoms with van der Waals surface area (Å²) in [4.78, 5) is 12.4. The molecule has 0 aromatic carbocycles. The number of hydrogen-bond donors (Lipinski definition) is 3. The van der Waals surface area contributed by atoms with Gasteiger partial charge in [-0.3, -0.25) is 4.79 Å². The summed E-state index contributed by atoms with van der Waals surface area (Å²) >= 11 is 0. The number of carbonyl (C=O) groups is 1. The number of nitrogens with one attached hydrogen (secondary N) is 2. The molecule has 4 nitrogen and oxygen atoms in total. The zero-order chi connectivity index (χ0) is 14.4. The maximum atomic E-state index is 12.4. The summed E-state index contributed by atoms with van der Waals surface area (Å²) in [5.74, 6) is 3.13. The molecule has 0 aromatic rings. The van der Waals surface area contributed by atoms with Crippen molar-refractivity contribution in [1.82, 2.24) is 10.6 Å². The van der Waals surface area contributed by atoms with Gasteiger partial charge in [0.2, 0.25) is 5.91 Å². The third-order valence-electron chi connectivity index (χ3n) is 6.57. The van der Waals surface area contributed by atoms with Crippen LogP contribution in [0.3, 0.4) is 0 Å². The second kappa shape index (κ2) is 5.24. The zero-order valence-corrected chi connectivity index (χ0v) is 12.8. The van der Waals surface area contributed by atoms with Crippen molar-refractivity contribution in [2.75, 3.05) is 19.6 Å². The number of carbonyl (C=O) groups excluding carboxylic acids is 1. The SMILES string of the molecule is O=C(CC12CC3CC(CC(C3)C1)C2)NCC1CNCC1O. The summed E-state index contributed by atoms with van der Waals surface area (Å²) in [5, 5.41) is 16.1. The maximum Gasteiger partial charge on any atom is 0.220 e. The second-order valence-electron chi connectivity index (χ2n) is 8.38. The molecule has 4 bridgehead atoms. The summed E-state index contributed by atoms with van der Waals surface area (Å²) in [6.45, 7) is 2.10. The van der Waals surface area contributed by atoms with E-state index in [0.717, 1.165) is 30.7 Å². The molecule has 4 aliphatic carbocycles. The van der Waals surface area contributed by atoms with Crippen molar-refractivity contribution in [2.45, 2.75) is 51.0 Å². The van der Waals surface area contributed by atoms with Crippen molar-refractivity contribution in [3.8, 4) is 0 Å². The minimum atomic E-state index is -0.301. The van der Waals surface area contributed by atoms with Crippen LogP contribution in [0.2, 0.25) is 0 Å². The second-order valence-corrected chi connectivity index (χ2v) is 8.38. The van der Waals surface area contributed by atoms with Crippen molar-refractivity contribution in [2.24, 2.45) is 29.1 Å². The Hall–Kier alpha value is -0.610. The molecule has 0 aromatic heterocycles. The largest absolute Gasteiger partial charge is 0.391 e. The quantitative estimate of drug-likeness (QED) is 0.732. The molecule has 4 heteroatoms. The Labute approximate surface area is 127 Å². The minimum absolute atomic E-state index is 0.185. The normalized spacial score (nSPS) is 47.8. The standard InChI is InChI=1S/C17H28N2O2/c20-15-10-18-8-14(15)9-19-16(21)7-17-4-11-1-12(5-17)3-13(2-11)6-17/h11-15,18,20H,1-10H2,(H,19,21). The molecule has 1 amide bonds. The average molecular weight is 292 g/mol. The van der Waals surface area contributed by atoms with Crippen LogP contribution in [-0.4, -0.2) is 36.8 Å². The average Bonchev–Trinajstić information content (AvgIpc) is 2.79. The zero-order valence-electron chi connectivity index (χ0n) is 12.8. The van der Waals surface area contributed by atoms with Crippen LogP contribution < -0.4 is 10.6 Å². The van der Waals surface area contributed by atoms with Gasteiger partial charge in [-0.1, -0.05) is 0 Å². The maximum absolute atomic E-state index is 12.4. The molecule has 5 rings (SSSR count). The Balaban J connectivity index is 1.32. The topological polar surface area (TPSA) is 61.4 Å². The molecule has 2 unspecified atom stereocenters. The number of hydrogen-bond acceptors (Lipinski definition) is 3. The van der Waals surface area contributed by atoms with Gasteiger partial charge >= 0.3 is 0 Å². The monoisotopic (exact) mass is 292 g/mol. The number of β-amino-alcohol motifs (C(OH)–C–C–N with tert-alkyl or cyclic N) is 1. The molecule has 5 aliphatic rings. The fourth-order valence-electron chi connectivity index (χ4n) is 6.08. The van der Waals surface area contributed by atoms with E-state index in [4.69, 9.17) is 0 Å². The van der Waals surface area contributed by atoms with Crippen LogP contribution in [0.15, 0.2) is 0 Å². The van der Waals surface area contributed by atoms with Crippen LogP contribution in [-0.2, 0) is 4.79 Å². The first-order valence-corrected chi connectivity index (χ1v) is 8.77. The van der Waals surface area contributed by atoms with Crippen molar-refractivity contribution >= 4 is 5.91 Å². The van der Waals surface area contributed by atoms with Gasteiger partial charge < -0.3 is 15.7 Å². The number of rotatable bonds is 4. The molecular weight excluding hydrogens is 264 g/mol. The predicted octanol–water partition coefficient (Wildman–Crippen LogP) is 1.29. The van der Waals surface area contributed by atoms with Gasteiger partial charge in [0.25, 0.3) is 0 Å². The van der Waals surface area contributed by atoms with E-state index >= 15 is 0 Å². The molecule has 3 N–H and O–H groups in total. The van der Waals surface area contributed by atoms with E-state index in [9.17, 15) is 9.90 Å². The lowest BCUT2D eigenvalue weighted by Crippen LogP contribution is -2.48. The smallest absolute Gasteiger partial charge is 0.220 e. The van der Waals surface area contributed by atoms with Gasteiger partial charge in [-0.05, 0) is 61.7 Å². The van der Waals surface area contributed by atoms with Crippen molar-refractivity contribution in [3.63, 3.8) is 0 Å². The number of aliphatic hydroxyl groups is 1. The first kappa shape index (κ1) is 14.0. The highest BCUT2D eigenvalue weighted by molar-refractivity contribution is 5.76. The predicted molar refractivity (Wildman–Crippen MR) is 80.6 cm³/mol. The van der Waals surface area contributed by atoms with E-state index in [-0.39, 0.29) is 17.9 Å². The van der Waals surface area contributed by atoms with Crippen molar-refractivity contribution in [3.05, 3.63) is 0 Å². The van der Waals surface area contributed by atoms with Crippen LogP contribution >= 0.6 is 0 Å². The Morgan fingerprint density at radius 1 is 1.10 bits per heavy atom. The minimum Gasteiger partial charge on any atom is -0.391 e. The molecule has 118 valence electrons. The third-order valence-corrected chi connectivity index (χ3v) is 6.57. The van der Waals surface area contributed by atoms with E-state index in [1.54, 1.807) is 0 Å². The van der Waals surface area contributed by atoms with Gasteiger partial charge in [0.05, 0.1) is 6.10 Å². The Kier molecular flexibility index (Phi) is 3.49. The fourth-order valence-corrected chi connectivity index (χ4v) is 6.08. The fraction of sp³-hybridized carbons (Fsp3) is 0.941. The summed E-state index contributed by atoms with van der Waals surface area (Å²) in [7, 11) is 0. The summed E-state index contributed by atoms with van der Waals surface area (Å²) in [5.41, 5.74) is 0.325. The molecule has 5 fully saturated rings. The van der Waals surface area contributed by atoms with Crippen molar-refractivity contribution < 1.29 is 9.90 Å². The highest BCUT2D eigenvalue weighted by atomic mass is 16.3. The molecule has 4 saturated carbocycles. The van der Waals surface area contributed by atoms with Gasteiger partial charge in [0.15, 0.2) is 0 Å². The van der Waals surface area contributed by atoms with Gasteiger partial charge in [-0.2, -0.15) is 0 Å². The molecule has 1 heterocycles. The van der Waals surface area contributed by atoms with Crippen LogP contribution in [0.25, 0.3) is 0 Å². The van der Waals surface area contributed by atoms with Crippen LogP contribution in [0.1, 0.15) is 44.9 Å². The summed E-state index contributed by atoms with van der Waals surface area (Å²) < 4.78 is 0. The Bertz CT molecular complexity index is 388. The lowest BCUT2D eigenvalue weighted by atomic mass is 9.49.